The molecular formula is C13H17FO4. The van der Waals surface area contributed by atoms with Gasteiger partial charge in [-0.1, -0.05) is 0 Å². The Kier molecular flexibility index (Phi) is 3.84. The van der Waals surface area contributed by atoms with Gasteiger partial charge < -0.3 is 14.9 Å². The van der Waals surface area contributed by atoms with E-state index in [1.165, 1.54) is 27.0 Å². The fourth-order valence-corrected chi connectivity index (χ4v) is 1.77. The molecule has 0 radical (unpaired) electrons. The normalized spacial score (nSPS) is 11.4. The number of hydrogen-bond acceptors (Lipinski definition) is 3. The molecule has 0 aliphatic heterocycles. The number of rotatable bonds is 4. The minimum atomic E-state index is -1.10. The number of phenols is 1. The Labute approximate surface area is 105 Å². The number of phenolic OH excluding ortho intramolecular Hbond substituents is 1. The van der Waals surface area contributed by atoms with Crippen LogP contribution >= 0.6 is 0 Å². The molecule has 0 atom stereocenters. The largest absolute Gasteiger partial charge is 0.502 e. The SMILES string of the molecule is COc1c(C)cc(CC(C)(C)C(=O)O)c(F)c1O. The predicted octanol–water partition coefficient (Wildman–Crippen LogP) is 2.50. The molecular weight excluding hydrogens is 239 g/mol. The molecule has 100 valence electrons. The number of ether oxygens (including phenoxy) is 1. The number of methoxy groups -OCH3 is 1. The van der Waals surface area contributed by atoms with Gasteiger partial charge in [-0.25, -0.2) is 4.39 Å². The van der Waals surface area contributed by atoms with Crippen LogP contribution in [0.1, 0.15) is 25.0 Å². The highest BCUT2D eigenvalue weighted by Gasteiger charge is 2.30. The van der Waals surface area contributed by atoms with Crippen LogP contribution < -0.4 is 4.74 Å². The van der Waals surface area contributed by atoms with Gasteiger partial charge in [0.25, 0.3) is 0 Å². The third kappa shape index (κ3) is 2.55. The molecule has 1 rings (SSSR count). The molecule has 0 amide bonds. The van der Waals surface area contributed by atoms with Gasteiger partial charge in [0.1, 0.15) is 0 Å². The molecule has 0 saturated heterocycles. The molecule has 2 N–H and O–H groups in total. The summed E-state index contributed by atoms with van der Waals surface area (Å²) in [4.78, 5) is 11.0. The van der Waals surface area contributed by atoms with Crippen LogP contribution in [-0.2, 0) is 11.2 Å². The molecule has 0 saturated carbocycles. The molecule has 0 aliphatic carbocycles. The van der Waals surface area contributed by atoms with E-state index in [0.717, 1.165) is 0 Å². The number of carbonyl (C=O) groups is 1. The van der Waals surface area contributed by atoms with Gasteiger partial charge in [-0.05, 0) is 44.4 Å². The van der Waals surface area contributed by atoms with E-state index in [-0.39, 0.29) is 17.7 Å². The molecule has 0 bridgehead atoms. The van der Waals surface area contributed by atoms with Crippen molar-refractivity contribution in [2.24, 2.45) is 5.41 Å². The standard InChI is InChI=1S/C13H17FO4/c1-7-5-8(6-13(2,3)12(16)17)9(14)10(15)11(7)18-4/h5,15H,6H2,1-4H3,(H,16,17). The molecule has 4 nitrogen and oxygen atoms in total. The van der Waals surface area contributed by atoms with Crippen molar-refractivity contribution in [1.82, 2.24) is 0 Å². The van der Waals surface area contributed by atoms with Gasteiger partial charge in [-0.15, -0.1) is 0 Å². The van der Waals surface area contributed by atoms with Gasteiger partial charge in [0, 0.05) is 0 Å². The van der Waals surface area contributed by atoms with Crippen molar-refractivity contribution in [2.75, 3.05) is 7.11 Å². The van der Waals surface area contributed by atoms with Crippen LogP contribution in [0.4, 0.5) is 4.39 Å². The topological polar surface area (TPSA) is 66.8 Å². The lowest BCUT2D eigenvalue weighted by Gasteiger charge is -2.20. The molecule has 1 aromatic rings. The third-order valence-corrected chi connectivity index (χ3v) is 2.87. The van der Waals surface area contributed by atoms with Crippen molar-refractivity contribution in [3.63, 3.8) is 0 Å². The summed E-state index contributed by atoms with van der Waals surface area (Å²) in [6.45, 7) is 4.67. The van der Waals surface area contributed by atoms with Gasteiger partial charge in [-0.3, -0.25) is 4.79 Å². The average Bonchev–Trinajstić information content (AvgIpc) is 2.25. The Hall–Kier alpha value is -1.78. The number of hydrogen-bond donors (Lipinski definition) is 2. The van der Waals surface area contributed by atoms with E-state index >= 15 is 0 Å². The van der Waals surface area contributed by atoms with Gasteiger partial charge in [0.05, 0.1) is 12.5 Å². The fraction of sp³-hybridized carbons (Fsp3) is 0.462. The van der Waals surface area contributed by atoms with Crippen molar-refractivity contribution in [1.29, 1.82) is 0 Å². The van der Waals surface area contributed by atoms with E-state index in [1.54, 1.807) is 6.92 Å². The molecule has 5 heteroatoms. The molecule has 1 aromatic carbocycles. The zero-order chi connectivity index (χ0) is 14.1. The summed E-state index contributed by atoms with van der Waals surface area (Å²) in [7, 11) is 1.34. The van der Waals surface area contributed by atoms with E-state index in [2.05, 4.69) is 0 Å². The molecule has 0 fully saturated rings. The Morgan fingerprint density at radius 1 is 1.50 bits per heavy atom. The Morgan fingerprint density at radius 3 is 2.50 bits per heavy atom. The van der Waals surface area contributed by atoms with Crippen LogP contribution in [0.2, 0.25) is 0 Å². The van der Waals surface area contributed by atoms with Gasteiger partial charge in [0.15, 0.2) is 17.3 Å². The highest BCUT2D eigenvalue weighted by Crippen LogP contribution is 2.36. The summed E-state index contributed by atoms with van der Waals surface area (Å²) >= 11 is 0. The molecule has 0 aromatic heterocycles. The number of aromatic hydroxyl groups is 1. The van der Waals surface area contributed by atoms with E-state index in [1.807, 2.05) is 0 Å². The number of carboxylic acids is 1. The second-order valence-electron chi connectivity index (χ2n) is 4.91. The van der Waals surface area contributed by atoms with Gasteiger partial charge in [-0.2, -0.15) is 0 Å². The summed E-state index contributed by atoms with van der Waals surface area (Å²) in [5.74, 6) is -2.35. The summed E-state index contributed by atoms with van der Waals surface area (Å²) in [5.41, 5.74) is -0.375. The number of aryl methyl sites for hydroxylation is 1. The average molecular weight is 256 g/mol. The van der Waals surface area contributed by atoms with E-state index < -0.39 is 23.0 Å². The summed E-state index contributed by atoms with van der Waals surface area (Å²) < 4.78 is 18.8. The first-order valence-corrected chi connectivity index (χ1v) is 5.49. The van der Waals surface area contributed by atoms with Gasteiger partial charge >= 0.3 is 5.97 Å². The maximum atomic E-state index is 13.9. The summed E-state index contributed by atoms with van der Waals surface area (Å²) in [6, 6.07) is 1.50. The van der Waals surface area contributed by atoms with Crippen molar-refractivity contribution in [3.05, 3.63) is 23.0 Å². The minimum absolute atomic E-state index is 0.00738. The van der Waals surface area contributed by atoms with Gasteiger partial charge in [0.2, 0.25) is 0 Å². The van der Waals surface area contributed by atoms with Crippen LogP contribution in [0, 0.1) is 18.2 Å². The van der Waals surface area contributed by atoms with Crippen molar-refractivity contribution in [2.45, 2.75) is 27.2 Å². The minimum Gasteiger partial charge on any atom is -0.502 e. The zero-order valence-electron chi connectivity index (χ0n) is 10.9. The van der Waals surface area contributed by atoms with E-state index in [9.17, 15) is 14.3 Å². The highest BCUT2D eigenvalue weighted by atomic mass is 19.1. The van der Waals surface area contributed by atoms with E-state index in [0.29, 0.717) is 5.56 Å². The first-order valence-electron chi connectivity index (χ1n) is 5.49. The van der Waals surface area contributed by atoms with E-state index in [4.69, 9.17) is 9.84 Å². The number of carboxylic acid groups (broad SMARTS) is 1. The Balaban J connectivity index is 3.24. The second-order valence-corrected chi connectivity index (χ2v) is 4.91. The van der Waals surface area contributed by atoms with Crippen molar-refractivity contribution < 1.29 is 24.1 Å². The van der Waals surface area contributed by atoms with Crippen molar-refractivity contribution in [3.8, 4) is 11.5 Å². The smallest absolute Gasteiger partial charge is 0.309 e. The lowest BCUT2D eigenvalue weighted by atomic mass is 9.85. The lowest BCUT2D eigenvalue weighted by Crippen LogP contribution is -2.26. The Morgan fingerprint density at radius 2 is 2.06 bits per heavy atom. The molecule has 0 spiro atoms. The van der Waals surface area contributed by atoms with Crippen LogP contribution in [0.5, 0.6) is 11.5 Å². The predicted molar refractivity (Wildman–Crippen MR) is 64.5 cm³/mol. The fourth-order valence-electron chi connectivity index (χ4n) is 1.77. The number of aliphatic carboxylic acids is 1. The zero-order valence-corrected chi connectivity index (χ0v) is 10.9. The molecule has 0 unspecified atom stereocenters. The van der Waals surface area contributed by atoms with Crippen LogP contribution in [-0.4, -0.2) is 23.3 Å². The molecule has 18 heavy (non-hydrogen) atoms. The first-order chi connectivity index (χ1) is 8.20. The first kappa shape index (κ1) is 14.3. The monoisotopic (exact) mass is 256 g/mol. The summed E-state index contributed by atoms with van der Waals surface area (Å²) in [6.07, 6.45) is -0.00738. The molecule has 0 heterocycles. The maximum absolute atomic E-state index is 13.9. The number of halogens is 1. The highest BCUT2D eigenvalue weighted by molar-refractivity contribution is 5.74. The van der Waals surface area contributed by atoms with Crippen LogP contribution in [0.25, 0.3) is 0 Å². The van der Waals surface area contributed by atoms with Crippen LogP contribution in [0.15, 0.2) is 6.07 Å². The second kappa shape index (κ2) is 4.84. The number of benzene rings is 1. The summed E-state index contributed by atoms with van der Waals surface area (Å²) in [5, 5.41) is 18.7. The van der Waals surface area contributed by atoms with Crippen molar-refractivity contribution >= 4 is 5.97 Å². The lowest BCUT2D eigenvalue weighted by molar-refractivity contribution is -0.146. The van der Waals surface area contributed by atoms with Crippen LogP contribution in [0.3, 0.4) is 0 Å². The molecule has 0 aliphatic rings. The third-order valence-electron chi connectivity index (χ3n) is 2.87. The maximum Gasteiger partial charge on any atom is 0.309 e. The Bertz CT molecular complexity index is 480. The quantitative estimate of drug-likeness (QED) is 0.868.